The fourth-order valence-electron chi connectivity index (χ4n) is 3.48. The topological polar surface area (TPSA) is 62.3 Å². The smallest absolute Gasteiger partial charge is 0.227 e. The number of nitrogens with one attached hydrogen (secondary N) is 1. The number of carbonyl (C=O) groups excluding carboxylic acids is 2. The summed E-state index contributed by atoms with van der Waals surface area (Å²) < 4.78 is 0. The molecule has 0 radical (unpaired) electrons. The molecule has 2 amide bonds. The van der Waals surface area contributed by atoms with Crippen LogP contribution in [0.5, 0.6) is 0 Å². The van der Waals surface area contributed by atoms with Gasteiger partial charge in [0.2, 0.25) is 11.8 Å². The molecule has 1 aliphatic rings. The average molecular weight is 386 g/mol. The van der Waals surface area contributed by atoms with Crippen LogP contribution < -0.4 is 5.32 Å². The van der Waals surface area contributed by atoms with Crippen LogP contribution in [0.3, 0.4) is 0 Å². The molecule has 0 bridgehead atoms. The lowest BCUT2D eigenvalue weighted by molar-refractivity contribution is -0.131. The van der Waals surface area contributed by atoms with Crippen molar-refractivity contribution in [2.75, 3.05) is 19.6 Å². The summed E-state index contributed by atoms with van der Waals surface area (Å²) >= 11 is 1.67. The van der Waals surface area contributed by atoms with Crippen LogP contribution in [-0.2, 0) is 22.4 Å². The summed E-state index contributed by atoms with van der Waals surface area (Å²) in [6.45, 7) is 5.78. The Balaban J connectivity index is 1.57. The molecular weight excluding hydrogens is 358 g/mol. The van der Waals surface area contributed by atoms with Crippen LogP contribution in [0, 0.1) is 6.92 Å². The molecule has 1 fully saturated rings. The number of nitrogens with zero attached hydrogens (tertiary/aromatic N) is 2. The van der Waals surface area contributed by atoms with E-state index < -0.39 is 0 Å². The molecule has 0 spiro atoms. The first kappa shape index (κ1) is 19.5. The maximum Gasteiger partial charge on any atom is 0.227 e. The van der Waals surface area contributed by atoms with Gasteiger partial charge in [-0.1, -0.05) is 24.3 Å². The second-order valence-electron chi connectivity index (χ2n) is 7.19. The van der Waals surface area contributed by atoms with Crippen LogP contribution in [-0.4, -0.2) is 41.3 Å². The first-order chi connectivity index (χ1) is 13.0. The minimum Gasteiger partial charge on any atom is -0.356 e. The zero-order valence-corrected chi connectivity index (χ0v) is 16.8. The van der Waals surface area contributed by atoms with Gasteiger partial charge in [-0.2, -0.15) is 0 Å². The molecule has 1 aromatic carbocycles. The van der Waals surface area contributed by atoms with Crippen molar-refractivity contribution in [1.29, 1.82) is 0 Å². The van der Waals surface area contributed by atoms with Gasteiger partial charge in [0.1, 0.15) is 0 Å². The van der Waals surface area contributed by atoms with Gasteiger partial charge in [-0.25, -0.2) is 4.98 Å². The number of aromatic nitrogens is 1. The third kappa shape index (κ3) is 5.39. The fraction of sp³-hybridized carbons (Fsp3) is 0.476. The highest BCUT2D eigenvalue weighted by atomic mass is 32.1. The van der Waals surface area contributed by atoms with E-state index in [0.717, 1.165) is 48.6 Å². The van der Waals surface area contributed by atoms with Crippen LogP contribution in [0.15, 0.2) is 29.6 Å². The van der Waals surface area contributed by atoms with Gasteiger partial charge in [0, 0.05) is 44.3 Å². The summed E-state index contributed by atoms with van der Waals surface area (Å²) in [5.41, 5.74) is 3.30. The Morgan fingerprint density at radius 1 is 1.33 bits per heavy atom. The minimum absolute atomic E-state index is 0.0134. The van der Waals surface area contributed by atoms with Crippen molar-refractivity contribution >= 4 is 23.2 Å². The Bertz CT molecular complexity index is 802. The van der Waals surface area contributed by atoms with Gasteiger partial charge in [-0.15, -0.1) is 11.3 Å². The third-order valence-electron chi connectivity index (χ3n) is 5.05. The molecule has 6 heteroatoms. The summed E-state index contributed by atoms with van der Waals surface area (Å²) in [6.07, 6.45) is 3.32. The molecule has 0 unspecified atom stereocenters. The normalized spacial score (nSPS) is 17.0. The first-order valence-corrected chi connectivity index (χ1v) is 10.4. The zero-order chi connectivity index (χ0) is 19.2. The molecule has 0 aliphatic carbocycles. The molecule has 1 saturated heterocycles. The Morgan fingerprint density at radius 3 is 2.93 bits per heavy atom. The Kier molecular flexibility index (Phi) is 6.61. The van der Waals surface area contributed by atoms with Crippen molar-refractivity contribution in [3.8, 4) is 0 Å². The van der Waals surface area contributed by atoms with Gasteiger partial charge < -0.3 is 10.2 Å². The van der Waals surface area contributed by atoms with Gasteiger partial charge in [0.05, 0.1) is 17.1 Å². The van der Waals surface area contributed by atoms with Crippen LogP contribution in [0.25, 0.3) is 0 Å². The maximum absolute atomic E-state index is 12.8. The van der Waals surface area contributed by atoms with Crippen molar-refractivity contribution in [3.63, 3.8) is 0 Å². The van der Waals surface area contributed by atoms with Crippen molar-refractivity contribution < 1.29 is 9.59 Å². The highest BCUT2D eigenvalue weighted by molar-refractivity contribution is 7.09. The number of aryl methyl sites for hydroxylation is 1. The SMILES string of the molecule is CC(=O)NCCc1csc([C@H]2CCCN(C(=O)Cc3ccccc3C)C2)n1. The molecule has 3 rings (SSSR count). The number of hydrogen-bond donors (Lipinski definition) is 1. The Labute approximate surface area is 164 Å². The molecular formula is C21H27N3O2S. The fourth-order valence-corrected chi connectivity index (χ4v) is 4.46. The number of carbonyl (C=O) groups is 2. The quantitative estimate of drug-likeness (QED) is 0.831. The summed E-state index contributed by atoms with van der Waals surface area (Å²) in [5, 5.41) is 5.99. The molecule has 1 atom stereocenters. The highest BCUT2D eigenvalue weighted by Gasteiger charge is 2.26. The molecule has 5 nitrogen and oxygen atoms in total. The van der Waals surface area contributed by atoms with Gasteiger partial charge in [-0.3, -0.25) is 9.59 Å². The zero-order valence-electron chi connectivity index (χ0n) is 16.0. The van der Waals surface area contributed by atoms with Gasteiger partial charge >= 0.3 is 0 Å². The molecule has 144 valence electrons. The number of rotatable bonds is 6. The number of hydrogen-bond acceptors (Lipinski definition) is 4. The van der Waals surface area contributed by atoms with Crippen molar-refractivity contribution in [2.45, 2.75) is 45.4 Å². The first-order valence-electron chi connectivity index (χ1n) is 9.54. The van der Waals surface area contributed by atoms with Crippen LogP contribution in [0.2, 0.25) is 0 Å². The Morgan fingerprint density at radius 2 is 2.15 bits per heavy atom. The lowest BCUT2D eigenvalue weighted by Gasteiger charge is -2.32. The lowest BCUT2D eigenvalue weighted by Crippen LogP contribution is -2.40. The van der Waals surface area contributed by atoms with Gasteiger partial charge in [0.15, 0.2) is 0 Å². The van der Waals surface area contributed by atoms with Crippen LogP contribution >= 0.6 is 11.3 Å². The molecule has 1 N–H and O–H groups in total. The highest BCUT2D eigenvalue weighted by Crippen LogP contribution is 2.29. The van der Waals surface area contributed by atoms with E-state index in [1.165, 1.54) is 12.5 Å². The number of likely N-dealkylation sites (tertiary alicyclic amines) is 1. The van der Waals surface area contributed by atoms with E-state index >= 15 is 0 Å². The van der Waals surface area contributed by atoms with Gasteiger partial charge in [-0.05, 0) is 30.9 Å². The van der Waals surface area contributed by atoms with Crippen molar-refractivity contribution in [3.05, 3.63) is 51.5 Å². The van der Waals surface area contributed by atoms with E-state index in [-0.39, 0.29) is 11.8 Å². The van der Waals surface area contributed by atoms with E-state index in [9.17, 15) is 9.59 Å². The van der Waals surface area contributed by atoms with Crippen molar-refractivity contribution in [1.82, 2.24) is 15.2 Å². The Hall–Kier alpha value is -2.21. The van der Waals surface area contributed by atoms with Crippen LogP contribution in [0.1, 0.15) is 47.5 Å². The van der Waals surface area contributed by atoms with E-state index in [1.54, 1.807) is 11.3 Å². The van der Waals surface area contributed by atoms with Crippen molar-refractivity contribution in [2.24, 2.45) is 0 Å². The van der Waals surface area contributed by atoms with E-state index in [1.807, 2.05) is 23.1 Å². The molecule has 2 aromatic rings. The third-order valence-corrected chi connectivity index (χ3v) is 6.11. The molecule has 1 aromatic heterocycles. The average Bonchev–Trinajstić information content (AvgIpc) is 3.12. The van der Waals surface area contributed by atoms with Gasteiger partial charge in [0.25, 0.3) is 0 Å². The second-order valence-corrected chi connectivity index (χ2v) is 8.08. The largest absolute Gasteiger partial charge is 0.356 e. The maximum atomic E-state index is 12.8. The number of benzene rings is 1. The standard InChI is InChI=1S/C21H27N3O2S/c1-15-6-3-4-7-17(15)12-20(26)24-11-5-8-18(13-24)21-23-19(14-27-21)9-10-22-16(2)25/h3-4,6-7,14,18H,5,8-13H2,1-2H3,(H,22,25)/t18-/m0/s1. The van der Waals surface area contributed by atoms with E-state index in [4.69, 9.17) is 4.98 Å². The van der Waals surface area contributed by atoms with Crippen LogP contribution in [0.4, 0.5) is 0 Å². The lowest BCUT2D eigenvalue weighted by atomic mass is 9.97. The molecule has 1 aliphatic heterocycles. The second kappa shape index (κ2) is 9.13. The summed E-state index contributed by atoms with van der Waals surface area (Å²) in [6, 6.07) is 8.09. The predicted molar refractivity (Wildman–Crippen MR) is 108 cm³/mol. The molecule has 2 heterocycles. The monoisotopic (exact) mass is 385 g/mol. The minimum atomic E-state index is -0.0134. The number of amides is 2. The molecule has 0 saturated carbocycles. The van der Waals surface area contributed by atoms with E-state index in [0.29, 0.717) is 18.9 Å². The predicted octanol–water partition coefficient (Wildman–Crippen LogP) is 3.08. The molecule has 27 heavy (non-hydrogen) atoms. The summed E-state index contributed by atoms with van der Waals surface area (Å²) in [7, 11) is 0. The summed E-state index contributed by atoms with van der Waals surface area (Å²) in [5.74, 6) is 0.510. The number of thiazole rings is 1. The summed E-state index contributed by atoms with van der Waals surface area (Å²) in [4.78, 5) is 30.5. The number of piperidine rings is 1. The van der Waals surface area contributed by atoms with E-state index in [2.05, 4.69) is 23.7 Å².